The molecule has 1 heterocycles. The Bertz CT molecular complexity index is 408. The Labute approximate surface area is 118 Å². The third kappa shape index (κ3) is 1.87. The maximum atomic E-state index is 6.32. The van der Waals surface area contributed by atoms with Crippen LogP contribution >= 0.6 is 0 Å². The average molecular weight is 262 g/mol. The molecule has 0 amide bonds. The Morgan fingerprint density at radius 1 is 1.05 bits per heavy atom. The molecule has 19 heavy (non-hydrogen) atoms. The van der Waals surface area contributed by atoms with Crippen LogP contribution in [-0.2, 0) is 4.74 Å². The first-order valence-electron chi connectivity index (χ1n) is 8.14. The minimum atomic E-state index is 0.0947. The van der Waals surface area contributed by atoms with Gasteiger partial charge < -0.3 is 4.74 Å². The lowest BCUT2D eigenvalue weighted by atomic mass is 9.45. The van der Waals surface area contributed by atoms with Gasteiger partial charge in [0, 0.05) is 5.92 Å². The second-order valence-corrected chi connectivity index (χ2v) is 8.46. The van der Waals surface area contributed by atoms with Crippen molar-refractivity contribution in [3.8, 4) is 0 Å². The smallest absolute Gasteiger partial charge is 0.109 e. The van der Waals surface area contributed by atoms with E-state index >= 15 is 0 Å². The van der Waals surface area contributed by atoms with Crippen molar-refractivity contribution in [2.75, 3.05) is 0 Å². The van der Waals surface area contributed by atoms with Gasteiger partial charge in [0.05, 0.1) is 5.76 Å². The molecule has 2 aliphatic carbocycles. The van der Waals surface area contributed by atoms with Crippen LogP contribution in [0.5, 0.6) is 0 Å². The zero-order valence-electron chi connectivity index (χ0n) is 13.4. The van der Waals surface area contributed by atoms with E-state index in [1.54, 1.807) is 0 Å². The molecule has 1 aliphatic heterocycles. The van der Waals surface area contributed by atoms with E-state index in [-0.39, 0.29) is 5.60 Å². The highest BCUT2D eigenvalue weighted by Gasteiger charge is 2.59. The highest BCUT2D eigenvalue weighted by molar-refractivity contribution is 5.13. The second kappa shape index (κ2) is 4.02. The summed E-state index contributed by atoms with van der Waals surface area (Å²) in [4.78, 5) is 0. The zero-order chi connectivity index (χ0) is 13.9. The zero-order valence-corrected chi connectivity index (χ0v) is 13.4. The first-order valence-corrected chi connectivity index (χ1v) is 8.14. The Hall–Kier alpha value is -0.460. The van der Waals surface area contributed by atoms with E-state index in [2.05, 4.69) is 40.7 Å². The average Bonchev–Trinajstić information content (AvgIpc) is 2.25. The summed E-state index contributed by atoms with van der Waals surface area (Å²) in [5, 5.41) is 0. The lowest BCUT2D eigenvalue weighted by Gasteiger charge is -2.62. The standard InChI is InChI=1S/C18H30O/c1-13-7-8-15-17(4)11-6-10-16(2,3)14(17)9-12-18(15,5)19-13/h7,14-15H,6,8-12H2,1-5H3/t14-,15+,17-,18+/m0/s1. The molecule has 0 aromatic heterocycles. The topological polar surface area (TPSA) is 9.23 Å². The normalized spacial score (nSPS) is 48.6. The molecule has 0 bridgehead atoms. The summed E-state index contributed by atoms with van der Waals surface area (Å²) in [6, 6.07) is 0. The van der Waals surface area contributed by atoms with E-state index in [1.165, 1.54) is 38.5 Å². The van der Waals surface area contributed by atoms with Crippen LogP contribution in [0, 0.1) is 22.7 Å². The summed E-state index contributed by atoms with van der Waals surface area (Å²) in [5.74, 6) is 2.74. The first kappa shape index (κ1) is 13.5. The fourth-order valence-electron chi connectivity index (χ4n) is 5.94. The number of hydrogen-bond donors (Lipinski definition) is 0. The van der Waals surface area contributed by atoms with Gasteiger partial charge in [-0.2, -0.15) is 0 Å². The largest absolute Gasteiger partial charge is 0.492 e. The Balaban J connectivity index is 1.99. The molecule has 0 unspecified atom stereocenters. The van der Waals surface area contributed by atoms with E-state index in [1.807, 2.05) is 0 Å². The third-order valence-corrected chi connectivity index (χ3v) is 6.77. The fourth-order valence-corrected chi connectivity index (χ4v) is 5.94. The Kier molecular flexibility index (Phi) is 2.86. The number of fused-ring (bicyclic) bond motifs is 3. The molecule has 4 atom stereocenters. The molecule has 0 aromatic carbocycles. The van der Waals surface area contributed by atoms with Crippen LogP contribution in [0.25, 0.3) is 0 Å². The van der Waals surface area contributed by atoms with Crippen LogP contribution in [0.15, 0.2) is 11.8 Å². The van der Waals surface area contributed by atoms with Gasteiger partial charge in [-0.1, -0.05) is 27.2 Å². The Morgan fingerprint density at radius 3 is 2.53 bits per heavy atom. The van der Waals surface area contributed by atoms with Crippen LogP contribution in [0.2, 0.25) is 0 Å². The van der Waals surface area contributed by atoms with Crippen LogP contribution in [0.4, 0.5) is 0 Å². The number of ether oxygens (including phenoxy) is 1. The maximum Gasteiger partial charge on any atom is 0.109 e. The second-order valence-electron chi connectivity index (χ2n) is 8.46. The summed E-state index contributed by atoms with van der Waals surface area (Å²) in [6.45, 7) is 12.1. The molecular formula is C18H30O. The lowest BCUT2D eigenvalue weighted by Crippen LogP contribution is -2.58. The molecular weight excluding hydrogens is 232 g/mol. The third-order valence-electron chi connectivity index (χ3n) is 6.77. The van der Waals surface area contributed by atoms with E-state index in [0.29, 0.717) is 16.7 Å². The van der Waals surface area contributed by atoms with Crippen molar-refractivity contribution in [3.05, 3.63) is 11.8 Å². The summed E-state index contributed by atoms with van der Waals surface area (Å²) in [5.41, 5.74) is 1.09. The van der Waals surface area contributed by atoms with Crippen molar-refractivity contribution >= 4 is 0 Å². The molecule has 0 aromatic rings. The maximum absolute atomic E-state index is 6.32. The predicted octanol–water partition coefficient (Wildman–Crippen LogP) is 5.31. The highest BCUT2D eigenvalue weighted by atomic mass is 16.5. The lowest BCUT2D eigenvalue weighted by molar-refractivity contribution is -0.181. The SMILES string of the molecule is CC1=CC[C@@H]2[C@@]3(C)CCCC(C)(C)[C@@H]3CC[C@@]2(C)O1. The van der Waals surface area contributed by atoms with E-state index in [0.717, 1.165) is 11.7 Å². The predicted molar refractivity (Wildman–Crippen MR) is 79.8 cm³/mol. The van der Waals surface area contributed by atoms with Crippen molar-refractivity contribution in [3.63, 3.8) is 0 Å². The summed E-state index contributed by atoms with van der Waals surface area (Å²) >= 11 is 0. The number of hydrogen-bond acceptors (Lipinski definition) is 1. The van der Waals surface area contributed by atoms with Gasteiger partial charge in [-0.05, 0) is 68.8 Å². The minimum absolute atomic E-state index is 0.0947. The fraction of sp³-hybridized carbons (Fsp3) is 0.889. The van der Waals surface area contributed by atoms with Gasteiger partial charge in [-0.15, -0.1) is 0 Å². The Morgan fingerprint density at radius 2 is 1.79 bits per heavy atom. The molecule has 3 aliphatic rings. The van der Waals surface area contributed by atoms with E-state index in [4.69, 9.17) is 4.74 Å². The van der Waals surface area contributed by atoms with Crippen molar-refractivity contribution in [2.24, 2.45) is 22.7 Å². The molecule has 0 radical (unpaired) electrons. The van der Waals surface area contributed by atoms with Crippen molar-refractivity contribution in [1.29, 1.82) is 0 Å². The van der Waals surface area contributed by atoms with Gasteiger partial charge in [0.25, 0.3) is 0 Å². The van der Waals surface area contributed by atoms with Gasteiger partial charge in [-0.3, -0.25) is 0 Å². The number of allylic oxidation sites excluding steroid dienone is 2. The van der Waals surface area contributed by atoms with E-state index < -0.39 is 0 Å². The van der Waals surface area contributed by atoms with Gasteiger partial charge in [0.15, 0.2) is 0 Å². The summed E-state index contributed by atoms with van der Waals surface area (Å²) in [7, 11) is 0. The molecule has 0 N–H and O–H groups in total. The van der Waals surface area contributed by atoms with Crippen molar-refractivity contribution in [1.82, 2.24) is 0 Å². The van der Waals surface area contributed by atoms with Crippen LogP contribution < -0.4 is 0 Å². The summed E-state index contributed by atoms with van der Waals surface area (Å²) in [6.07, 6.45) is 10.4. The number of rotatable bonds is 0. The molecule has 108 valence electrons. The monoisotopic (exact) mass is 262 g/mol. The molecule has 0 spiro atoms. The molecule has 2 fully saturated rings. The van der Waals surface area contributed by atoms with Gasteiger partial charge in [-0.25, -0.2) is 0 Å². The molecule has 2 saturated carbocycles. The quantitative estimate of drug-likeness (QED) is 0.574. The summed E-state index contributed by atoms with van der Waals surface area (Å²) < 4.78 is 6.32. The van der Waals surface area contributed by atoms with Crippen LogP contribution in [0.1, 0.15) is 73.1 Å². The van der Waals surface area contributed by atoms with Crippen molar-refractivity contribution in [2.45, 2.75) is 78.7 Å². The highest BCUT2D eigenvalue weighted by Crippen LogP contribution is 2.64. The van der Waals surface area contributed by atoms with Crippen molar-refractivity contribution < 1.29 is 4.74 Å². The molecule has 1 heteroatoms. The van der Waals surface area contributed by atoms with Gasteiger partial charge in [0.2, 0.25) is 0 Å². The van der Waals surface area contributed by atoms with E-state index in [9.17, 15) is 0 Å². The minimum Gasteiger partial charge on any atom is -0.492 e. The molecule has 0 saturated heterocycles. The van der Waals surface area contributed by atoms with Crippen LogP contribution in [0.3, 0.4) is 0 Å². The van der Waals surface area contributed by atoms with Gasteiger partial charge in [0.1, 0.15) is 5.60 Å². The first-order chi connectivity index (χ1) is 8.78. The van der Waals surface area contributed by atoms with Gasteiger partial charge >= 0.3 is 0 Å². The molecule has 3 rings (SSSR count). The van der Waals surface area contributed by atoms with Crippen LogP contribution in [-0.4, -0.2) is 5.60 Å². The molecule has 1 nitrogen and oxygen atoms in total.